The molecule has 4 atom stereocenters. The Morgan fingerprint density at radius 2 is 2.26 bits per heavy atom. The van der Waals surface area contributed by atoms with E-state index in [-0.39, 0.29) is 5.56 Å². The van der Waals surface area contributed by atoms with Crippen LogP contribution in [0.5, 0.6) is 0 Å². The van der Waals surface area contributed by atoms with Gasteiger partial charge in [-0.25, -0.2) is 14.0 Å². The number of aromatic amines is 1. The molecule has 0 unspecified atom stereocenters. The molecule has 1 fully saturated rings. The lowest BCUT2D eigenvalue weighted by Gasteiger charge is -2.16. The van der Waals surface area contributed by atoms with Gasteiger partial charge in [0.2, 0.25) is 0 Å². The number of aliphatic hydroxyl groups excluding tert-OH is 2. The van der Waals surface area contributed by atoms with Gasteiger partial charge in [-0.2, -0.15) is 0 Å². The summed E-state index contributed by atoms with van der Waals surface area (Å²) >= 11 is 0. The molecule has 9 nitrogen and oxygen atoms in total. The molecular formula is C13H15FN2O7. The normalized spacial score (nSPS) is 27.5. The van der Waals surface area contributed by atoms with E-state index >= 15 is 0 Å². The summed E-state index contributed by atoms with van der Waals surface area (Å²) in [6.07, 6.45) is -3.27. The number of aliphatic hydroxyl groups is 2. The Labute approximate surface area is 128 Å². The van der Waals surface area contributed by atoms with Crippen molar-refractivity contribution in [3.05, 3.63) is 38.7 Å². The van der Waals surface area contributed by atoms with Crippen molar-refractivity contribution in [2.45, 2.75) is 24.6 Å². The Hall–Kier alpha value is -2.30. The molecule has 0 saturated carbocycles. The van der Waals surface area contributed by atoms with Gasteiger partial charge in [0.15, 0.2) is 12.4 Å². The van der Waals surface area contributed by atoms with Crippen LogP contribution >= 0.6 is 0 Å². The zero-order valence-corrected chi connectivity index (χ0v) is 12.0. The fraction of sp³-hybridized carbons (Fsp3) is 0.462. The summed E-state index contributed by atoms with van der Waals surface area (Å²) in [6, 6.07) is 0. The van der Waals surface area contributed by atoms with Gasteiger partial charge in [-0.15, -0.1) is 0 Å². The Bertz CT molecular complexity index is 726. The second-order valence-electron chi connectivity index (χ2n) is 4.79. The molecule has 0 spiro atoms. The Morgan fingerprint density at radius 1 is 1.57 bits per heavy atom. The summed E-state index contributed by atoms with van der Waals surface area (Å²) in [7, 11) is 1.15. The molecule has 126 valence electrons. The molecule has 1 aromatic heterocycles. The van der Waals surface area contributed by atoms with Crippen molar-refractivity contribution in [1.82, 2.24) is 9.55 Å². The third-order valence-corrected chi connectivity index (χ3v) is 3.34. The quantitative estimate of drug-likeness (QED) is 0.443. The summed E-state index contributed by atoms with van der Waals surface area (Å²) in [4.78, 5) is 36.5. The van der Waals surface area contributed by atoms with E-state index in [0.717, 1.165) is 30.0 Å². The van der Waals surface area contributed by atoms with E-state index in [1.54, 1.807) is 0 Å². The number of hydrogen-bond acceptors (Lipinski definition) is 7. The Morgan fingerprint density at radius 3 is 2.83 bits per heavy atom. The number of rotatable bonds is 4. The van der Waals surface area contributed by atoms with Crippen molar-refractivity contribution < 1.29 is 28.9 Å². The number of alkyl halides is 1. The standard InChI is InChI=1S/C13H15FN2O7/c1-22-8(18)3-2-6-4-16(13(21)15-11(6)20)12-9(14)10(19)7(5-17)23-12/h2-4,7,9-10,12,17,19H,5H2,1H3,(H,15,20,21)/b3-2+/t7-,9-,10-,12-/m0/s1. The summed E-state index contributed by atoms with van der Waals surface area (Å²) in [5.74, 6) is -0.724. The van der Waals surface area contributed by atoms with Crippen molar-refractivity contribution in [2.75, 3.05) is 13.7 Å². The van der Waals surface area contributed by atoms with Crippen molar-refractivity contribution in [2.24, 2.45) is 0 Å². The summed E-state index contributed by atoms with van der Waals surface area (Å²) < 4.78 is 24.3. The van der Waals surface area contributed by atoms with Gasteiger partial charge >= 0.3 is 11.7 Å². The van der Waals surface area contributed by atoms with Gasteiger partial charge in [-0.05, 0) is 6.08 Å². The number of carbonyl (C=O) groups excluding carboxylic acids is 1. The van der Waals surface area contributed by atoms with Crippen LogP contribution in [0.1, 0.15) is 11.8 Å². The minimum Gasteiger partial charge on any atom is -0.466 e. The van der Waals surface area contributed by atoms with E-state index < -0.39 is 48.4 Å². The van der Waals surface area contributed by atoms with Gasteiger partial charge in [-0.1, -0.05) is 0 Å². The summed E-state index contributed by atoms with van der Waals surface area (Å²) in [6.45, 7) is -0.634. The highest BCUT2D eigenvalue weighted by Gasteiger charge is 2.45. The highest BCUT2D eigenvalue weighted by molar-refractivity contribution is 5.86. The third kappa shape index (κ3) is 3.38. The van der Waals surface area contributed by atoms with E-state index in [1.165, 1.54) is 0 Å². The SMILES string of the molecule is COC(=O)/C=C/c1cn([C@H]2O[C@@H](CO)[C@H](O)[C@@H]2F)c(=O)[nH]c1=O. The van der Waals surface area contributed by atoms with Crippen LogP contribution in [-0.4, -0.2) is 57.8 Å². The number of nitrogens with zero attached hydrogens (tertiary/aromatic N) is 1. The Kier molecular flexibility index (Phi) is 5.08. The highest BCUT2D eigenvalue weighted by atomic mass is 19.1. The molecule has 0 amide bonds. The van der Waals surface area contributed by atoms with Crippen molar-refractivity contribution in [3.8, 4) is 0 Å². The molecule has 2 rings (SSSR count). The highest BCUT2D eigenvalue weighted by Crippen LogP contribution is 2.30. The maximum Gasteiger partial charge on any atom is 0.330 e. The van der Waals surface area contributed by atoms with Crippen molar-refractivity contribution >= 4 is 12.0 Å². The van der Waals surface area contributed by atoms with Crippen LogP contribution in [0, 0.1) is 0 Å². The number of halogens is 1. The molecule has 0 aromatic carbocycles. The average molecular weight is 330 g/mol. The lowest BCUT2D eigenvalue weighted by Crippen LogP contribution is -2.36. The maximum atomic E-state index is 14.1. The third-order valence-electron chi connectivity index (χ3n) is 3.34. The molecule has 2 heterocycles. The first-order valence-corrected chi connectivity index (χ1v) is 6.59. The van der Waals surface area contributed by atoms with Crippen LogP contribution in [0.25, 0.3) is 6.08 Å². The van der Waals surface area contributed by atoms with Gasteiger partial charge < -0.3 is 19.7 Å². The average Bonchev–Trinajstić information content (AvgIpc) is 2.81. The van der Waals surface area contributed by atoms with Crippen LogP contribution in [0.3, 0.4) is 0 Å². The number of aromatic nitrogens is 2. The van der Waals surface area contributed by atoms with E-state index in [1.807, 2.05) is 4.98 Å². The molecule has 1 aliphatic rings. The first kappa shape index (κ1) is 17.1. The molecule has 10 heteroatoms. The molecule has 1 aromatic rings. The second-order valence-corrected chi connectivity index (χ2v) is 4.79. The summed E-state index contributed by atoms with van der Waals surface area (Å²) in [5, 5.41) is 18.6. The first-order chi connectivity index (χ1) is 10.9. The fourth-order valence-corrected chi connectivity index (χ4v) is 2.11. The number of esters is 1. The molecule has 1 aliphatic heterocycles. The van der Waals surface area contributed by atoms with E-state index in [4.69, 9.17) is 9.84 Å². The molecular weight excluding hydrogens is 315 g/mol. The predicted molar refractivity (Wildman–Crippen MR) is 74.3 cm³/mol. The molecule has 0 aliphatic carbocycles. The maximum absolute atomic E-state index is 14.1. The van der Waals surface area contributed by atoms with Gasteiger partial charge in [0.1, 0.15) is 12.2 Å². The predicted octanol–water partition coefficient (Wildman–Crippen LogP) is -1.69. The lowest BCUT2D eigenvalue weighted by molar-refractivity contribution is -0.134. The second kappa shape index (κ2) is 6.86. The van der Waals surface area contributed by atoms with E-state index in [0.29, 0.717) is 0 Å². The van der Waals surface area contributed by atoms with Gasteiger partial charge in [0, 0.05) is 12.3 Å². The van der Waals surface area contributed by atoms with Crippen LogP contribution in [-0.2, 0) is 14.3 Å². The molecule has 0 radical (unpaired) electrons. The number of carbonyl (C=O) groups is 1. The van der Waals surface area contributed by atoms with Crippen molar-refractivity contribution in [1.29, 1.82) is 0 Å². The molecule has 23 heavy (non-hydrogen) atoms. The number of ether oxygens (including phenoxy) is 2. The van der Waals surface area contributed by atoms with Crippen LogP contribution in [0.15, 0.2) is 21.9 Å². The monoisotopic (exact) mass is 330 g/mol. The largest absolute Gasteiger partial charge is 0.466 e. The van der Waals surface area contributed by atoms with E-state index in [9.17, 15) is 23.9 Å². The topological polar surface area (TPSA) is 131 Å². The summed E-state index contributed by atoms with van der Waals surface area (Å²) in [5.41, 5.74) is -1.87. The van der Waals surface area contributed by atoms with Crippen LogP contribution < -0.4 is 11.2 Å². The minimum atomic E-state index is -1.98. The van der Waals surface area contributed by atoms with E-state index in [2.05, 4.69) is 4.74 Å². The zero-order valence-electron chi connectivity index (χ0n) is 12.0. The molecule has 0 bridgehead atoms. The molecule has 3 N–H and O–H groups in total. The van der Waals surface area contributed by atoms with Gasteiger partial charge in [0.05, 0.1) is 19.3 Å². The number of nitrogens with one attached hydrogen (secondary N) is 1. The van der Waals surface area contributed by atoms with Gasteiger partial charge in [0.25, 0.3) is 5.56 Å². The lowest BCUT2D eigenvalue weighted by atomic mass is 10.1. The Balaban J connectivity index is 2.40. The number of methoxy groups -OCH3 is 1. The number of hydrogen-bond donors (Lipinski definition) is 3. The minimum absolute atomic E-state index is 0.118. The number of H-pyrrole nitrogens is 1. The molecule has 1 saturated heterocycles. The van der Waals surface area contributed by atoms with Gasteiger partial charge in [-0.3, -0.25) is 14.3 Å². The fourth-order valence-electron chi connectivity index (χ4n) is 2.11. The zero-order chi connectivity index (χ0) is 17.1. The van der Waals surface area contributed by atoms with Crippen molar-refractivity contribution in [3.63, 3.8) is 0 Å². The smallest absolute Gasteiger partial charge is 0.330 e. The van der Waals surface area contributed by atoms with Crippen LogP contribution in [0.2, 0.25) is 0 Å². The first-order valence-electron chi connectivity index (χ1n) is 6.59. The van der Waals surface area contributed by atoms with Crippen LogP contribution in [0.4, 0.5) is 4.39 Å².